The minimum Gasteiger partial charge on any atom is -0.198 e. The van der Waals surface area contributed by atoms with Gasteiger partial charge in [-0.1, -0.05) is 12.8 Å². The summed E-state index contributed by atoms with van der Waals surface area (Å²) in [6.45, 7) is 0. The monoisotopic (exact) mass is 235 g/mol. The molecule has 0 heterocycles. The minimum absolute atomic E-state index is 0.117. The molecule has 0 saturated heterocycles. The molecule has 0 unspecified atom stereocenters. The molecule has 0 amide bonds. The molecule has 0 atom stereocenters. The van der Waals surface area contributed by atoms with E-state index >= 15 is 0 Å². The minimum atomic E-state index is 0.117. The molecule has 0 bridgehead atoms. The van der Waals surface area contributed by atoms with Crippen molar-refractivity contribution in [3.05, 3.63) is 0 Å². The van der Waals surface area contributed by atoms with Gasteiger partial charge in [-0.3, -0.25) is 0 Å². The quantitative estimate of drug-likeness (QED) is 0.698. The molecule has 3 fully saturated rings. The van der Waals surface area contributed by atoms with Crippen LogP contribution in [0.15, 0.2) is 0 Å². The summed E-state index contributed by atoms with van der Waals surface area (Å²) < 4.78 is 0. The van der Waals surface area contributed by atoms with Gasteiger partial charge in [-0.15, -0.1) is 0 Å². The number of hydrogen-bond acceptors (Lipinski definition) is 2. The van der Waals surface area contributed by atoms with Crippen molar-refractivity contribution in [2.75, 3.05) is 11.5 Å². The Hall–Kier alpha value is -0.160. The maximum atomic E-state index is 9.30. The first-order chi connectivity index (χ1) is 7.80. The average molecular weight is 235 g/mol. The molecular formula is C14H21NS. The molecule has 3 aliphatic carbocycles. The zero-order valence-corrected chi connectivity index (χ0v) is 10.8. The van der Waals surface area contributed by atoms with Gasteiger partial charge in [0.25, 0.3) is 0 Å². The van der Waals surface area contributed by atoms with E-state index in [9.17, 15) is 5.26 Å². The Bertz CT molecular complexity index is 292. The highest BCUT2D eigenvalue weighted by atomic mass is 32.2. The van der Waals surface area contributed by atoms with E-state index < -0.39 is 0 Å². The van der Waals surface area contributed by atoms with Crippen LogP contribution in [0.4, 0.5) is 0 Å². The highest BCUT2D eigenvalue weighted by Crippen LogP contribution is 2.54. The van der Waals surface area contributed by atoms with Crippen LogP contribution in [0.1, 0.15) is 44.9 Å². The van der Waals surface area contributed by atoms with Gasteiger partial charge >= 0.3 is 0 Å². The molecule has 0 spiro atoms. The summed E-state index contributed by atoms with van der Waals surface area (Å²) >= 11 is 2.14. The van der Waals surface area contributed by atoms with Crippen LogP contribution in [-0.2, 0) is 0 Å². The number of nitriles is 1. The van der Waals surface area contributed by atoms with E-state index in [1.54, 1.807) is 0 Å². The molecule has 1 nitrogen and oxygen atoms in total. The fourth-order valence-electron chi connectivity index (χ4n) is 3.03. The van der Waals surface area contributed by atoms with Crippen LogP contribution in [0, 0.1) is 34.5 Å². The van der Waals surface area contributed by atoms with Crippen LogP contribution in [-0.4, -0.2) is 11.5 Å². The fraction of sp³-hybridized carbons (Fsp3) is 0.929. The first-order valence-electron chi connectivity index (χ1n) is 6.79. The van der Waals surface area contributed by atoms with Gasteiger partial charge < -0.3 is 0 Å². The second-order valence-corrected chi connectivity index (χ2v) is 7.37. The van der Waals surface area contributed by atoms with Crippen LogP contribution in [0.3, 0.4) is 0 Å². The summed E-state index contributed by atoms with van der Waals surface area (Å²) in [6.07, 6.45) is 9.36. The standard InChI is InChI=1S/C14H21NS/c15-10-14(5-11-1-2-11)6-13(7-14)9-16-8-12-3-4-12/h11-13H,1-9H2. The van der Waals surface area contributed by atoms with Gasteiger partial charge in [0.1, 0.15) is 0 Å². The van der Waals surface area contributed by atoms with Crippen LogP contribution >= 0.6 is 11.8 Å². The predicted molar refractivity (Wildman–Crippen MR) is 68.2 cm³/mol. The largest absolute Gasteiger partial charge is 0.198 e. The zero-order chi connectivity index (χ0) is 11.0. The molecule has 0 radical (unpaired) electrons. The summed E-state index contributed by atoms with van der Waals surface area (Å²) in [5.41, 5.74) is 0.117. The first kappa shape index (κ1) is 11.0. The summed E-state index contributed by atoms with van der Waals surface area (Å²) in [7, 11) is 0. The average Bonchev–Trinajstić information content (AvgIpc) is 3.08. The lowest BCUT2D eigenvalue weighted by molar-refractivity contribution is 0.116. The molecule has 3 rings (SSSR count). The van der Waals surface area contributed by atoms with Crippen LogP contribution in [0.25, 0.3) is 0 Å². The van der Waals surface area contributed by atoms with Gasteiger partial charge in [0.2, 0.25) is 0 Å². The fourth-order valence-corrected chi connectivity index (χ4v) is 4.40. The second kappa shape index (κ2) is 4.26. The smallest absolute Gasteiger partial charge is 0.0690 e. The number of rotatable bonds is 6. The third-order valence-corrected chi connectivity index (χ3v) is 5.79. The lowest BCUT2D eigenvalue weighted by Crippen LogP contribution is -2.37. The first-order valence-corrected chi connectivity index (χ1v) is 7.94. The van der Waals surface area contributed by atoms with Gasteiger partial charge in [-0.2, -0.15) is 17.0 Å². The molecular weight excluding hydrogens is 214 g/mol. The summed E-state index contributed by atoms with van der Waals surface area (Å²) in [4.78, 5) is 0. The molecule has 0 aromatic carbocycles. The lowest BCUT2D eigenvalue weighted by Gasteiger charge is -2.43. The van der Waals surface area contributed by atoms with Crippen LogP contribution < -0.4 is 0 Å². The van der Waals surface area contributed by atoms with Crippen molar-refractivity contribution < 1.29 is 0 Å². The normalized spacial score (nSPS) is 37.8. The van der Waals surface area contributed by atoms with E-state index in [1.807, 2.05) is 0 Å². The van der Waals surface area contributed by atoms with Gasteiger partial charge in [0.15, 0.2) is 0 Å². The van der Waals surface area contributed by atoms with E-state index in [0.29, 0.717) is 0 Å². The van der Waals surface area contributed by atoms with Crippen molar-refractivity contribution in [3.8, 4) is 6.07 Å². The SMILES string of the molecule is N#CC1(CC2CC2)CC(CSCC2CC2)C1. The van der Waals surface area contributed by atoms with Crippen molar-refractivity contribution in [1.82, 2.24) is 0 Å². The molecule has 0 aromatic rings. The van der Waals surface area contributed by atoms with Crippen LogP contribution in [0.2, 0.25) is 0 Å². The summed E-state index contributed by atoms with van der Waals surface area (Å²) in [5, 5.41) is 9.30. The van der Waals surface area contributed by atoms with Crippen molar-refractivity contribution in [1.29, 1.82) is 5.26 Å². The maximum Gasteiger partial charge on any atom is 0.0690 e. The summed E-state index contributed by atoms with van der Waals surface area (Å²) in [6, 6.07) is 2.62. The zero-order valence-electron chi connectivity index (χ0n) is 9.95. The molecule has 3 aliphatic rings. The van der Waals surface area contributed by atoms with Crippen LogP contribution in [0.5, 0.6) is 0 Å². The van der Waals surface area contributed by atoms with Gasteiger partial charge in [0, 0.05) is 0 Å². The van der Waals surface area contributed by atoms with E-state index in [-0.39, 0.29) is 5.41 Å². The van der Waals surface area contributed by atoms with Gasteiger partial charge in [-0.05, 0) is 61.4 Å². The highest BCUT2D eigenvalue weighted by Gasteiger charge is 2.47. The van der Waals surface area contributed by atoms with Crippen molar-refractivity contribution in [2.45, 2.75) is 44.9 Å². The lowest BCUT2D eigenvalue weighted by atomic mass is 9.61. The Morgan fingerprint density at radius 2 is 1.62 bits per heavy atom. The molecule has 0 aliphatic heterocycles. The Morgan fingerprint density at radius 3 is 2.19 bits per heavy atom. The molecule has 0 aromatic heterocycles. The van der Waals surface area contributed by atoms with Gasteiger partial charge in [-0.25, -0.2) is 0 Å². The number of hydrogen-bond donors (Lipinski definition) is 0. The maximum absolute atomic E-state index is 9.30. The van der Waals surface area contributed by atoms with E-state index in [4.69, 9.17) is 0 Å². The molecule has 16 heavy (non-hydrogen) atoms. The number of thioether (sulfide) groups is 1. The Morgan fingerprint density at radius 1 is 1.00 bits per heavy atom. The predicted octanol–water partition coefficient (Wildman–Crippen LogP) is 3.85. The Labute approximate surface area is 103 Å². The molecule has 88 valence electrons. The molecule has 0 N–H and O–H groups in total. The van der Waals surface area contributed by atoms with Crippen molar-refractivity contribution >= 4 is 11.8 Å². The third-order valence-electron chi connectivity index (χ3n) is 4.38. The molecule has 3 saturated carbocycles. The third kappa shape index (κ3) is 2.56. The topological polar surface area (TPSA) is 23.8 Å². The van der Waals surface area contributed by atoms with E-state index in [0.717, 1.165) is 17.8 Å². The van der Waals surface area contributed by atoms with E-state index in [2.05, 4.69) is 17.8 Å². The second-order valence-electron chi connectivity index (χ2n) is 6.29. The van der Waals surface area contributed by atoms with Crippen molar-refractivity contribution in [2.24, 2.45) is 23.2 Å². The van der Waals surface area contributed by atoms with Gasteiger partial charge in [0.05, 0.1) is 11.5 Å². The molecule has 2 heteroatoms. The van der Waals surface area contributed by atoms with Crippen molar-refractivity contribution in [3.63, 3.8) is 0 Å². The number of nitrogens with zero attached hydrogens (tertiary/aromatic N) is 1. The highest BCUT2D eigenvalue weighted by molar-refractivity contribution is 7.99. The van der Waals surface area contributed by atoms with E-state index in [1.165, 1.54) is 56.5 Å². The Balaban J connectivity index is 1.36. The Kier molecular flexibility index (Phi) is 2.92. The summed E-state index contributed by atoms with van der Waals surface area (Å²) in [5.74, 6) is 5.54.